The minimum Gasteiger partial charge on any atom is -0.394 e. The molecule has 4 heteroatoms. The smallest absolute Gasteiger partial charge is 0.0894 e. The minimum absolute atomic E-state index is 0.164. The van der Waals surface area contributed by atoms with Crippen LogP contribution in [-0.4, -0.2) is 60.5 Å². The van der Waals surface area contributed by atoms with Gasteiger partial charge in [-0.15, -0.1) is 0 Å². The average Bonchev–Trinajstić information content (AvgIpc) is 2.23. The van der Waals surface area contributed by atoms with Crippen LogP contribution < -0.4 is 5.32 Å². The first-order chi connectivity index (χ1) is 6.74. The number of aliphatic hydroxyl groups is 2. The van der Waals surface area contributed by atoms with Crippen LogP contribution in [0.1, 0.15) is 20.3 Å². The maximum absolute atomic E-state index is 9.04. The molecule has 0 saturated carbocycles. The molecule has 0 fully saturated rings. The predicted molar refractivity (Wildman–Crippen MR) is 58.4 cm³/mol. The average molecular weight is 204 g/mol. The van der Waals surface area contributed by atoms with Crippen LogP contribution in [0, 0.1) is 0 Å². The van der Waals surface area contributed by atoms with Crippen molar-refractivity contribution in [1.82, 2.24) is 10.2 Å². The summed E-state index contributed by atoms with van der Waals surface area (Å²) in [6, 6.07) is 0. The van der Waals surface area contributed by atoms with Crippen molar-refractivity contribution in [3.8, 4) is 0 Å². The molecule has 0 radical (unpaired) electrons. The summed E-state index contributed by atoms with van der Waals surface area (Å²) in [5.41, 5.74) is 0. The zero-order valence-corrected chi connectivity index (χ0v) is 9.37. The molecule has 0 aromatic rings. The van der Waals surface area contributed by atoms with E-state index in [4.69, 9.17) is 10.2 Å². The molecule has 0 spiro atoms. The maximum Gasteiger partial charge on any atom is 0.0894 e. The maximum atomic E-state index is 9.04. The van der Waals surface area contributed by atoms with Crippen molar-refractivity contribution in [1.29, 1.82) is 0 Å². The van der Waals surface area contributed by atoms with Crippen LogP contribution in [0.25, 0.3) is 0 Å². The van der Waals surface area contributed by atoms with E-state index in [1.54, 1.807) is 0 Å². The van der Waals surface area contributed by atoms with Crippen molar-refractivity contribution in [2.45, 2.75) is 26.4 Å². The van der Waals surface area contributed by atoms with Crippen molar-refractivity contribution >= 4 is 0 Å². The number of aliphatic hydroxyl groups excluding tert-OH is 2. The van der Waals surface area contributed by atoms with E-state index >= 15 is 0 Å². The molecule has 0 aromatic heterocycles. The fourth-order valence-corrected chi connectivity index (χ4v) is 1.30. The minimum atomic E-state index is -0.622. The second-order valence-corrected chi connectivity index (χ2v) is 3.42. The quantitative estimate of drug-likeness (QED) is 0.450. The lowest BCUT2D eigenvalue weighted by molar-refractivity contribution is 0.0943. The van der Waals surface area contributed by atoms with Gasteiger partial charge in [0.2, 0.25) is 0 Å². The van der Waals surface area contributed by atoms with Crippen molar-refractivity contribution in [2.75, 3.05) is 39.3 Å². The third kappa shape index (κ3) is 7.26. The predicted octanol–water partition coefficient (Wildman–Crippen LogP) is -0.339. The van der Waals surface area contributed by atoms with Gasteiger partial charge in [0.15, 0.2) is 0 Å². The van der Waals surface area contributed by atoms with Crippen LogP contribution in [0.2, 0.25) is 0 Å². The molecule has 0 aliphatic rings. The van der Waals surface area contributed by atoms with Crippen molar-refractivity contribution in [2.24, 2.45) is 0 Å². The fourth-order valence-electron chi connectivity index (χ4n) is 1.30. The van der Waals surface area contributed by atoms with E-state index in [1.165, 1.54) is 0 Å². The highest BCUT2D eigenvalue weighted by Crippen LogP contribution is 1.89. The van der Waals surface area contributed by atoms with E-state index in [0.717, 1.165) is 32.6 Å². The summed E-state index contributed by atoms with van der Waals surface area (Å²) in [4.78, 5) is 2.37. The van der Waals surface area contributed by atoms with Gasteiger partial charge in [0, 0.05) is 6.54 Å². The van der Waals surface area contributed by atoms with Crippen LogP contribution >= 0.6 is 0 Å². The second-order valence-electron chi connectivity index (χ2n) is 3.42. The molecule has 4 nitrogen and oxygen atoms in total. The molecule has 1 unspecified atom stereocenters. The van der Waals surface area contributed by atoms with Crippen LogP contribution in [0.15, 0.2) is 0 Å². The van der Waals surface area contributed by atoms with Gasteiger partial charge in [-0.1, -0.05) is 13.8 Å². The third-order valence-electron chi connectivity index (χ3n) is 2.31. The Kier molecular flexibility index (Phi) is 9.29. The highest BCUT2D eigenvalue weighted by atomic mass is 16.3. The van der Waals surface area contributed by atoms with Crippen LogP contribution in [0.5, 0.6) is 0 Å². The summed E-state index contributed by atoms with van der Waals surface area (Å²) in [7, 11) is 0. The molecule has 0 saturated heterocycles. The van der Waals surface area contributed by atoms with Crippen LogP contribution in [0.3, 0.4) is 0 Å². The zero-order chi connectivity index (χ0) is 10.8. The molecule has 0 heterocycles. The van der Waals surface area contributed by atoms with Crippen LogP contribution in [-0.2, 0) is 0 Å². The Morgan fingerprint density at radius 1 is 1.29 bits per heavy atom. The van der Waals surface area contributed by atoms with Crippen molar-refractivity contribution < 1.29 is 10.2 Å². The summed E-state index contributed by atoms with van der Waals surface area (Å²) in [5, 5.41) is 20.7. The standard InChI is InChI=1S/C10H24N2O2/c1-3-12(4-2)7-5-6-11-8-10(14)9-13/h10-11,13-14H,3-9H2,1-2H3. The molecule has 0 rings (SSSR count). The van der Waals surface area contributed by atoms with E-state index in [2.05, 4.69) is 24.1 Å². The molecule has 3 N–H and O–H groups in total. The van der Waals surface area contributed by atoms with Crippen molar-refractivity contribution in [3.05, 3.63) is 0 Å². The van der Waals surface area contributed by atoms with E-state index in [1.807, 2.05) is 0 Å². The van der Waals surface area contributed by atoms with E-state index in [0.29, 0.717) is 6.54 Å². The zero-order valence-electron chi connectivity index (χ0n) is 9.37. The number of nitrogens with one attached hydrogen (secondary N) is 1. The number of rotatable bonds is 9. The first kappa shape index (κ1) is 13.8. The molecular formula is C10H24N2O2. The van der Waals surface area contributed by atoms with Gasteiger partial charge in [0.05, 0.1) is 12.7 Å². The normalized spacial score (nSPS) is 13.5. The molecule has 0 amide bonds. The van der Waals surface area contributed by atoms with E-state index < -0.39 is 6.10 Å². The first-order valence-electron chi connectivity index (χ1n) is 5.46. The monoisotopic (exact) mass is 204 g/mol. The van der Waals surface area contributed by atoms with Crippen molar-refractivity contribution in [3.63, 3.8) is 0 Å². The molecule has 1 atom stereocenters. The lowest BCUT2D eigenvalue weighted by Crippen LogP contribution is -2.32. The summed E-state index contributed by atoms with van der Waals surface area (Å²) >= 11 is 0. The summed E-state index contributed by atoms with van der Waals surface area (Å²) in [6.45, 7) is 8.81. The van der Waals surface area contributed by atoms with Gasteiger partial charge in [0.1, 0.15) is 0 Å². The van der Waals surface area contributed by atoms with Gasteiger partial charge in [-0.2, -0.15) is 0 Å². The van der Waals surface area contributed by atoms with Gasteiger partial charge >= 0.3 is 0 Å². The fraction of sp³-hybridized carbons (Fsp3) is 1.00. The number of nitrogens with zero attached hydrogens (tertiary/aromatic N) is 1. The largest absolute Gasteiger partial charge is 0.394 e. The highest BCUT2D eigenvalue weighted by Gasteiger charge is 2.01. The van der Waals surface area contributed by atoms with Gasteiger partial charge < -0.3 is 20.4 Å². The van der Waals surface area contributed by atoms with Crippen LogP contribution in [0.4, 0.5) is 0 Å². The van der Waals surface area contributed by atoms with Gasteiger partial charge in [-0.3, -0.25) is 0 Å². The molecule has 0 aliphatic heterocycles. The number of hydrogen-bond acceptors (Lipinski definition) is 4. The molecular weight excluding hydrogens is 180 g/mol. The summed E-state index contributed by atoms with van der Waals surface area (Å²) < 4.78 is 0. The van der Waals surface area contributed by atoms with Gasteiger partial charge in [-0.25, -0.2) is 0 Å². The molecule has 14 heavy (non-hydrogen) atoms. The second kappa shape index (κ2) is 9.40. The Morgan fingerprint density at radius 2 is 1.93 bits per heavy atom. The number of hydrogen-bond donors (Lipinski definition) is 3. The molecule has 0 bridgehead atoms. The Bertz CT molecular complexity index is 119. The Hall–Kier alpha value is -0.160. The van der Waals surface area contributed by atoms with Gasteiger partial charge in [0.25, 0.3) is 0 Å². The Morgan fingerprint density at radius 3 is 2.43 bits per heavy atom. The van der Waals surface area contributed by atoms with Gasteiger partial charge in [-0.05, 0) is 32.6 Å². The Labute approximate surface area is 86.9 Å². The molecule has 0 aliphatic carbocycles. The SMILES string of the molecule is CCN(CC)CCCNCC(O)CO. The third-order valence-corrected chi connectivity index (χ3v) is 2.31. The Balaban J connectivity index is 3.20. The van der Waals surface area contributed by atoms with E-state index in [-0.39, 0.29) is 6.61 Å². The summed E-state index contributed by atoms with van der Waals surface area (Å²) in [5.74, 6) is 0. The van der Waals surface area contributed by atoms with E-state index in [9.17, 15) is 0 Å². The summed E-state index contributed by atoms with van der Waals surface area (Å²) in [6.07, 6.45) is 0.461. The lowest BCUT2D eigenvalue weighted by atomic mass is 10.3. The molecule has 0 aromatic carbocycles. The first-order valence-corrected chi connectivity index (χ1v) is 5.46. The molecule has 86 valence electrons. The topological polar surface area (TPSA) is 55.7 Å². The lowest BCUT2D eigenvalue weighted by Gasteiger charge is -2.18. The highest BCUT2D eigenvalue weighted by molar-refractivity contribution is 4.59.